The zero-order valence-corrected chi connectivity index (χ0v) is 18.8. The van der Waals surface area contributed by atoms with Gasteiger partial charge in [-0.2, -0.15) is 0 Å². The highest BCUT2D eigenvalue weighted by Crippen LogP contribution is 2.30. The first kappa shape index (κ1) is 23.1. The molecule has 1 aliphatic carbocycles. The molecule has 0 saturated heterocycles. The van der Waals surface area contributed by atoms with Crippen molar-refractivity contribution in [3.05, 3.63) is 88.4 Å². The third-order valence-corrected chi connectivity index (χ3v) is 5.88. The molecule has 2 atom stereocenters. The summed E-state index contributed by atoms with van der Waals surface area (Å²) in [5.41, 5.74) is 3.32. The van der Waals surface area contributed by atoms with Crippen molar-refractivity contribution in [2.75, 3.05) is 13.2 Å². The molecule has 33 heavy (non-hydrogen) atoms. The fourth-order valence-corrected chi connectivity index (χ4v) is 4.19. The van der Waals surface area contributed by atoms with E-state index in [1.54, 1.807) is 36.4 Å². The standard InChI is InChI=1S/C26H26ClNO5/c27-20-4-1-3-18(11-20)25(29)15-28-21-9-7-17-8-10-24(13-19(17)12-21)33-23-6-2-5-22(14-23)32-16-26(30)31/h1-6,8,10-11,13-14,21,25,28-29H,7,9,12,15-16H2,(H,30,31). The molecule has 0 aliphatic heterocycles. The number of carboxylic acids is 1. The molecule has 0 fully saturated rings. The van der Waals surface area contributed by atoms with Gasteiger partial charge in [0.2, 0.25) is 0 Å². The van der Waals surface area contributed by atoms with Crippen LogP contribution in [0.3, 0.4) is 0 Å². The molecule has 0 radical (unpaired) electrons. The summed E-state index contributed by atoms with van der Waals surface area (Å²) in [6.07, 6.45) is 2.18. The van der Waals surface area contributed by atoms with Crippen LogP contribution in [-0.4, -0.2) is 35.4 Å². The molecule has 2 unspecified atom stereocenters. The number of rotatable bonds is 9. The summed E-state index contributed by atoms with van der Waals surface area (Å²) < 4.78 is 11.2. The molecule has 0 heterocycles. The van der Waals surface area contributed by atoms with Gasteiger partial charge in [0.1, 0.15) is 17.2 Å². The second-order valence-corrected chi connectivity index (χ2v) is 8.55. The Morgan fingerprint density at radius 2 is 1.82 bits per heavy atom. The smallest absolute Gasteiger partial charge is 0.341 e. The maximum absolute atomic E-state index is 10.7. The first-order valence-electron chi connectivity index (χ1n) is 10.9. The number of aryl methyl sites for hydroxylation is 1. The van der Waals surface area contributed by atoms with Gasteiger partial charge in [-0.1, -0.05) is 35.9 Å². The first-order chi connectivity index (χ1) is 16.0. The van der Waals surface area contributed by atoms with E-state index < -0.39 is 18.7 Å². The van der Waals surface area contributed by atoms with Crippen LogP contribution in [0.2, 0.25) is 5.02 Å². The molecule has 3 aromatic rings. The summed E-state index contributed by atoms with van der Waals surface area (Å²) in [5.74, 6) is 0.700. The van der Waals surface area contributed by atoms with E-state index in [4.69, 9.17) is 26.2 Å². The molecule has 0 aromatic heterocycles. The first-order valence-corrected chi connectivity index (χ1v) is 11.3. The van der Waals surface area contributed by atoms with Crippen LogP contribution in [0.15, 0.2) is 66.7 Å². The topological polar surface area (TPSA) is 88.0 Å². The van der Waals surface area contributed by atoms with Gasteiger partial charge < -0.3 is 25.0 Å². The fraction of sp³-hybridized carbons (Fsp3) is 0.269. The molecule has 172 valence electrons. The van der Waals surface area contributed by atoms with Gasteiger partial charge in [0.25, 0.3) is 0 Å². The lowest BCUT2D eigenvalue weighted by atomic mass is 9.88. The Bertz CT molecular complexity index is 1120. The highest BCUT2D eigenvalue weighted by Gasteiger charge is 2.20. The van der Waals surface area contributed by atoms with Crippen molar-refractivity contribution in [1.29, 1.82) is 0 Å². The van der Waals surface area contributed by atoms with Crippen molar-refractivity contribution >= 4 is 17.6 Å². The Kier molecular flexibility index (Phi) is 7.50. The highest BCUT2D eigenvalue weighted by molar-refractivity contribution is 6.30. The van der Waals surface area contributed by atoms with Crippen LogP contribution in [0.5, 0.6) is 17.2 Å². The van der Waals surface area contributed by atoms with Crippen LogP contribution >= 0.6 is 11.6 Å². The van der Waals surface area contributed by atoms with E-state index in [2.05, 4.69) is 11.4 Å². The number of hydrogen-bond acceptors (Lipinski definition) is 5. The summed E-state index contributed by atoms with van der Waals surface area (Å²) in [4.78, 5) is 10.7. The zero-order valence-electron chi connectivity index (χ0n) is 18.0. The Morgan fingerprint density at radius 3 is 2.64 bits per heavy atom. The number of halogens is 1. The maximum atomic E-state index is 10.7. The normalized spacial score (nSPS) is 16.0. The molecule has 4 rings (SSSR count). The van der Waals surface area contributed by atoms with E-state index in [1.165, 1.54) is 11.1 Å². The quantitative estimate of drug-likeness (QED) is 0.420. The summed E-state index contributed by atoms with van der Waals surface area (Å²) in [7, 11) is 0. The minimum Gasteiger partial charge on any atom is -0.482 e. The minimum atomic E-state index is -1.03. The molecule has 0 saturated carbocycles. The largest absolute Gasteiger partial charge is 0.482 e. The Labute approximate surface area is 197 Å². The number of nitrogens with one attached hydrogen (secondary N) is 1. The van der Waals surface area contributed by atoms with Gasteiger partial charge in [-0.05, 0) is 72.4 Å². The molecule has 0 bridgehead atoms. The van der Waals surface area contributed by atoms with Crippen molar-refractivity contribution in [3.63, 3.8) is 0 Å². The number of aliphatic hydroxyl groups excluding tert-OH is 1. The zero-order chi connectivity index (χ0) is 23.2. The van der Waals surface area contributed by atoms with Crippen LogP contribution in [0.25, 0.3) is 0 Å². The van der Waals surface area contributed by atoms with Crippen molar-refractivity contribution < 1.29 is 24.5 Å². The van der Waals surface area contributed by atoms with E-state index in [0.29, 0.717) is 28.8 Å². The second-order valence-electron chi connectivity index (χ2n) is 8.11. The molecular weight excluding hydrogens is 442 g/mol. The van der Waals surface area contributed by atoms with Crippen LogP contribution in [0.4, 0.5) is 0 Å². The maximum Gasteiger partial charge on any atom is 0.341 e. The van der Waals surface area contributed by atoms with Crippen molar-refractivity contribution in [1.82, 2.24) is 5.32 Å². The second kappa shape index (κ2) is 10.7. The number of benzene rings is 3. The third-order valence-electron chi connectivity index (χ3n) is 5.64. The summed E-state index contributed by atoms with van der Waals surface area (Å²) in [6.45, 7) is 0.0579. The van der Waals surface area contributed by atoms with E-state index in [1.807, 2.05) is 24.3 Å². The molecule has 0 amide bonds. The van der Waals surface area contributed by atoms with Gasteiger partial charge in [0.15, 0.2) is 6.61 Å². The average molecular weight is 468 g/mol. The van der Waals surface area contributed by atoms with E-state index in [0.717, 1.165) is 24.8 Å². The predicted octanol–water partition coefficient (Wildman–Crippen LogP) is 4.78. The molecular formula is C26H26ClNO5. The monoisotopic (exact) mass is 467 g/mol. The Hall–Kier alpha value is -3.06. The predicted molar refractivity (Wildman–Crippen MR) is 126 cm³/mol. The molecule has 0 spiro atoms. The molecule has 6 nitrogen and oxygen atoms in total. The number of carbonyl (C=O) groups is 1. The number of aliphatic hydroxyl groups is 1. The van der Waals surface area contributed by atoms with Gasteiger partial charge in [-0.3, -0.25) is 0 Å². The fourth-order valence-electron chi connectivity index (χ4n) is 3.99. The van der Waals surface area contributed by atoms with Crippen molar-refractivity contribution in [3.8, 4) is 17.2 Å². The lowest BCUT2D eigenvalue weighted by molar-refractivity contribution is -0.139. The minimum absolute atomic E-state index is 0.259. The van der Waals surface area contributed by atoms with Crippen LogP contribution < -0.4 is 14.8 Å². The molecule has 1 aliphatic rings. The number of fused-ring (bicyclic) bond motifs is 1. The Morgan fingerprint density at radius 1 is 1.03 bits per heavy atom. The highest BCUT2D eigenvalue weighted by atomic mass is 35.5. The van der Waals surface area contributed by atoms with Gasteiger partial charge >= 0.3 is 5.97 Å². The van der Waals surface area contributed by atoms with Gasteiger partial charge in [-0.25, -0.2) is 4.79 Å². The average Bonchev–Trinajstić information content (AvgIpc) is 2.81. The lowest BCUT2D eigenvalue weighted by Crippen LogP contribution is -2.37. The SMILES string of the molecule is O=C(O)COc1cccc(Oc2ccc3c(c2)CC(NCC(O)c2cccc(Cl)c2)CC3)c1. The van der Waals surface area contributed by atoms with E-state index in [-0.39, 0.29) is 6.04 Å². The number of hydrogen-bond donors (Lipinski definition) is 3. The van der Waals surface area contributed by atoms with Gasteiger partial charge in [-0.15, -0.1) is 0 Å². The Balaban J connectivity index is 1.36. The van der Waals surface area contributed by atoms with Crippen LogP contribution in [0.1, 0.15) is 29.2 Å². The van der Waals surface area contributed by atoms with Gasteiger partial charge in [0.05, 0.1) is 6.10 Å². The van der Waals surface area contributed by atoms with Crippen molar-refractivity contribution in [2.45, 2.75) is 31.4 Å². The summed E-state index contributed by atoms with van der Waals surface area (Å²) in [6, 6.07) is 20.6. The van der Waals surface area contributed by atoms with E-state index in [9.17, 15) is 9.90 Å². The lowest BCUT2D eigenvalue weighted by Gasteiger charge is -2.27. The number of aliphatic carboxylic acids is 1. The van der Waals surface area contributed by atoms with Gasteiger partial charge in [0, 0.05) is 23.7 Å². The number of ether oxygens (including phenoxy) is 2. The van der Waals surface area contributed by atoms with Crippen LogP contribution in [-0.2, 0) is 17.6 Å². The molecule has 7 heteroatoms. The van der Waals surface area contributed by atoms with Crippen molar-refractivity contribution in [2.24, 2.45) is 0 Å². The third kappa shape index (κ3) is 6.48. The number of carboxylic acid groups (broad SMARTS) is 1. The molecule has 3 aromatic carbocycles. The van der Waals surface area contributed by atoms with Crippen LogP contribution in [0, 0.1) is 0 Å². The molecule has 3 N–H and O–H groups in total. The summed E-state index contributed by atoms with van der Waals surface area (Å²) >= 11 is 6.03. The summed E-state index contributed by atoms with van der Waals surface area (Å²) in [5, 5.41) is 23.4. The van der Waals surface area contributed by atoms with E-state index >= 15 is 0 Å².